The largest absolute Gasteiger partial charge is 0.343 e. The van der Waals surface area contributed by atoms with E-state index < -0.39 is 0 Å². The van der Waals surface area contributed by atoms with Gasteiger partial charge in [0.1, 0.15) is 0 Å². The van der Waals surface area contributed by atoms with Crippen molar-refractivity contribution in [3.63, 3.8) is 0 Å². The molecule has 0 atom stereocenters. The summed E-state index contributed by atoms with van der Waals surface area (Å²) in [5, 5.41) is 3.10. The lowest BCUT2D eigenvalue weighted by molar-refractivity contribution is -0.132. The highest BCUT2D eigenvalue weighted by Crippen LogP contribution is 2.25. The molecule has 0 unspecified atom stereocenters. The van der Waals surface area contributed by atoms with Gasteiger partial charge in [0, 0.05) is 37.2 Å². The van der Waals surface area contributed by atoms with Gasteiger partial charge in [0.05, 0.1) is 0 Å². The molecule has 27 heavy (non-hydrogen) atoms. The van der Waals surface area contributed by atoms with Crippen molar-refractivity contribution in [3.8, 4) is 0 Å². The number of carbonyl (C=O) groups is 2. The minimum atomic E-state index is 0.101. The first kappa shape index (κ1) is 19.9. The number of likely N-dealkylation sites (tertiary alicyclic amines) is 2. The lowest BCUT2D eigenvalue weighted by Gasteiger charge is -2.41. The second-order valence-corrected chi connectivity index (χ2v) is 8.06. The Kier molecular flexibility index (Phi) is 6.53. The molecule has 5 nitrogen and oxygen atoms in total. The fourth-order valence-electron chi connectivity index (χ4n) is 4.29. The van der Waals surface area contributed by atoms with Gasteiger partial charge < -0.3 is 15.1 Å². The second kappa shape index (κ2) is 8.87. The molecule has 1 N–H and O–H groups in total. The smallest absolute Gasteiger partial charge is 0.227 e. The molecule has 5 heteroatoms. The van der Waals surface area contributed by atoms with Crippen molar-refractivity contribution in [1.82, 2.24) is 9.80 Å². The predicted octanol–water partition coefficient (Wildman–Crippen LogP) is 3.35. The number of aryl methyl sites for hydroxylation is 2. The Morgan fingerprint density at radius 1 is 1.00 bits per heavy atom. The molecule has 0 saturated carbocycles. The van der Waals surface area contributed by atoms with Gasteiger partial charge in [-0.3, -0.25) is 9.59 Å². The molecule has 1 aromatic carbocycles. The first-order valence-electron chi connectivity index (χ1n) is 10.4. The van der Waals surface area contributed by atoms with Crippen LogP contribution >= 0.6 is 0 Å². The third-order valence-corrected chi connectivity index (χ3v) is 6.31. The summed E-state index contributed by atoms with van der Waals surface area (Å²) in [5.74, 6) is 0.529. The Balaban J connectivity index is 1.45. The minimum Gasteiger partial charge on any atom is -0.343 e. The molecule has 2 saturated heterocycles. The average molecular weight is 372 g/mol. The molecule has 2 heterocycles. The van der Waals surface area contributed by atoms with Gasteiger partial charge in [0.15, 0.2) is 0 Å². The average Bonchev–Trinajstić information content (AvgIpc) is 2.70. The fraction of sp³-hybridized carbons (Fsp3) is 0.636. The lowest BCUT2D eigenvalue weighted by atomic mass is 9.92. The fourth-order valence-corrected chi connectivity index (χ4v) is 4.29. The molecule has 2 aliphatic rings. The van der Waals surface area contributed by atoms with Gasteiger partial charge in [-0.05, 0) is 75.9 Å². The van der Waals surface area contributed by atoms with Crippen molar-refractivity contribution in [3.05, 3.63) is 29.3 Å². The summed E-state index contributed by atoms with van der Waals surface area (Å²) in [6, 6.07) is 6.66. The minimum absolute atomic E-state index is 0.101. The number of amides is 2. The number of benzene rings is 1. The number of carbonyl (C=O) groups excluding carboxylic acids is 2. The molecule has 2 fully saturated rings. The maximum absolute atomic E-state index is 12.6. The number of rotatable bonds is 4. The maximum Gasteiger partial charge on any atom is 0.227 e. The Morgan fingerprint density at radius 2 is 1.67 bits per heavy atom. The molecule has 2 amide bonds. The molecule has 0 spiro atoms. The Hall–Kier alpha value is -1.88. The Morgan fingerprint density at radius 3 is 2.26 bits per heavy atom. The van der Waals surface area contributed by atoms with Crippen molar-refractivity contribution >= 4 is 17.5 Å². The summed E-state index contributed by atoms with van der Waals surface area (Å²) >= 11 is 0. The van der Waals surface area contributed by atoms with E-state index >= 15 is 0 Å². The highest BCUT2D eigenvalue weighted by molar-refractivity contribution is 5.92. The number of nitrogens with one attached hydrogen (secondary N) is 1. The summed E-state index contributed by atoms with van der Waals surface area (Å²) in [6.07, 6.45) is 4.57. The van der Waals surface area contributed by atoms with Gasteiger partial charge in [0.2, 0.25) is 11.8 Å². The van der Waals surface area contributed by atoms with E-state index in [2.05, 4.69) is 30.1 Å². The van der Waals surface area contributed by atoms with Gasteiger partial charge in [-0.1, -0.05) is 13.0 Å². The number of anilines is 1. The molecule has 2 aliphatic heterocycles. The molecular weight excluding hydrogens is 338 g/mol. The third-order valence-electron chi connectivity index (χ3n) is 6.31. The molecule has 3 rings (SSSR count). The van der Waals surface area contributed by atoms with Crippen molar-refractivity contribution in [2.45, 2.75) is 58.9 Å². The van der Waals surface area contributed by atoms with Gasteiger partial charge in [0.25, 0.3) is 0 Å². The van der Waals surface area contributed by atoms with Gasteiger partial charge >= 0.3 is 0 Å². The third kappa shape index (κ3) is 4.89. The predicted molar refractivity (Wildman–Crippen MR) is 109 cm³/mol. The van der Waals surface area contributed by atoms with Crippen LogP contribution in [-0.4, -0.2) is 53.8 Å². The number of hydrogen-bond acceptors (Lipinski definition) is 3. The first-order chi connectivity index (χ1) is 13.0. The van der Waals surface area contributed by atoms with E-state index in [1.807, 2.05) is 24.0 Å². The van der Waals surface area contributed by atoms with Gasteiger partial charge in [-0.25, -0.2) is 0 Å². The standard InChI is InChI=1S/C22H33N3O2/c1-4-21(26)25-13-9-20(10-14-25)24-11-7-18(8-12-24)22(27)23-19-6-5-16(2)17(3)15-19/h5-6,15,18,20H,4,7-14H2,1-3H3,(H,23,27). The monoisotopic (exact) mass is 371 g/mol. The second-order valence-electron chi connectivity index (χ2n) is 8.06. The van der Waals surface area contributed by atoms with Gasteiger partial charge in [-0.15, -0.1) is 0 Å². The van der Waals surface area contributed by atoms with Crippen molar-refractivity contribution in [2.24, 2.45) is 5.92 Å². The van der Waals surface area contributed by atoms with Crippen LogP contribution in [0, 0.1) is 19.8 Å². The molecule has 0 bridgehead atoms. The molecule has 148 valence electrons. The van der Waals surface area contributed by atoms with E-state index in [0.717, 1.165) is 57.5 Å². The van der Waals surface area contributed by atoms with Crippen LogP contribution in [0.5, 0.6) is 0 Å². The van der Waals surface area contributed by atoms with E-state index in [1.165, 1.54) is 11.1 Å². The van der Waals surface area contributed by atoms with Crippen LogP contribution in [0.2, 0.25) is 0 Å². The maximum atomic E-state index is 12.6. The highest BCUT2D eigenvalue weighted by Gasteiger charge is 2.31. The van der Waals surface area contributed by atoms with Crippen LogP contribution in [0.4, 0.5) is 5.69 Å². The molecule has 0 aromatic heterocycles. The quantitative estimate of drug-likeness (QED) is 0.883. The van der Waals surface area contributed by atoms with Crippen molar-refractivity contribution in [1.29, 1.82) is 0 Å². The van der Waals surface area contributed by atoms with Crippen LogP contribution in [0.3, 0.4) is 0 Å². The molecule has 1 aromatic rings. The highest BCUT2D eigenvalue weighted by atomic mass is 16.2. The number of nitrogens with zero attached hydrogens (tertiary/aromatic N) is 2. The molecule has 0 aliphatic carbocycles. The number of piperidine rings is 2. The normalized spacial score (nSPS) is 19.9. The zero-order valence-corrected chi connectivity index (χ0v) is 17.0. The first-order valence-corrected chi connectivity index (χ1v) is 10.4. The van der Waals surface area contributed by atoms with Gasteiger partial charge in [-0.2, -0.15) is 0 Å². The van der Waals surface area contributed by atoms with Crippen LogP contribution in [0.1, 0.15) is 50.2 Å². The Bertz CT molecular complexity index is 672. The number of hydrogen-bond donors (Lipinski definition) is 1. The van der Waals surface area contributed by atoms with E-state index in [-0.39, 0.29) is 17.7 Å². The summed E-state index contributed by atoms with van der Waals surface area (Å²) in [7, 11) is 0. The van der Waals surface area contributed by atoms with Crippen molar-refractivity contribution in [2.75, 3.05) is 31.5 Å². The lowest BCUT2D eigenvalue weighted by Crippen LogP contribution is -2.49. The molecule has 0 radical (unpaired) electrons. The SMILES string of the molecule is CCC(=O)N1CCC(N2CCC(C(=O)Nc3ccc(C)c(C)c3)CC2)CC1. The summed E-state index contributed by atoms with van der Waals surface area (Å²) in [5.41, 5.74) is 3.35. The molecular formula is C22H33N3O2. The summed E-state index contributed by atoms with van der Waals surface area (Å²) < 4.78 is 0. The van der Waals surface area contributed by atoms with E-state index in [4.69, 9.17) is 0 Å². The van der Waals surface area contributed by atoms with Crippen molar-refractivity contribution < 1.29 is 9.59 Å². The van der Waals surface area contributed by atoms with Crippen LogP contribution in [-0.2, 0) is 9.59 Å². The zero-order chi connectivity index (χ0) is 19.4. The topological polar surface area (TPSA) is 52.7 Å². The van der Waals surface area contributed by atoms with E-state index in [1.54, 1.807) is 0 Å². The van der Waals surface area contributed by atoms with Crippen LogP contribution in [0.15, 0.2) is 18.2 Å². The van der Waals surface area contributed by atoms with Crippen LogP contribution < -0.4 is 5.32 Å². The summed E-state index contributed by atoms with van der Waals surface area (Å²) in [4.78, 5) is 29.0. The van der Waals surface area contributed by atoms with Crippen LogP contribution in [0.25, 0.3) is 0 Å². The zero-order valence-electron chi connectivity index (χ0n) is 17.0. The Labute approximate surface area is 163 Å². The van der Waals surface area contributed by atoms with E-state index in [0.29, 0.717) is 12.5 Å². The summed E-state index contributed by atoms with van der Waals surface area (Å²) in [6.45, 7) is 9.81. The van der Waals surface area contributed by atoms with E-state index in [9.17, 15) is 9.59 Å².